The van der Waals surface area contributed by atoms with E-state index in [1.54, 1.807) is 0 Å². The number of primary amides is 1. The average Bonchev–Trinajstić information content (AvgIpc) is 2.10. The summed E-state index contributed by atoms with van der Waals surface area (Å²) in [7, 11) is 0. The molecule has 0 saturated carbocycles. The number of carbonyl (C=O) groups excluding carboxylic acids is 1. The highest BCUT2D eigenvalue weighted by molar-refractivity contribution is 7.14. The first-order valence-corrected chi connectivity index (χ1v) is 3.79. The Morgan fingerprint density at radius 2 is 2.20 bits per heavy atom. The minimum absolute atomic E-state index is 0.324. The van der Waals surface area contributed by atoms with E-state index < -0.39 is 0 Å². The first kappa shape index (κ1) is 7.28. The molecule has 0 fully saturated rings. The summed E-state index contributed by atoms with van der Waals surface area (Å²) < 4.78 is 0. The topological polar surface area (TPSA) is 43.1 Å². The molecule has 0 atom stereocenters. The van der Waals surface area contributed by atoms with Crippen LogP contribution in [0.4, 0.5) is 0 Å². The second-order valence-corrected chi connectivity index (χ2v) is 3.49. The summed E-state index contributed by atoms with van der Waals surface area (Å²) >= 11 is 1.45. The highest BCUT2D eigenvalue weighted by atomic mass is 32.1. The molecule has 2 nitrogen and oxygen atoms in total. The van der Waals surface area contributed by atoms with Gasteiger partial charge in [-0.25, -0.2) is 0 Å². The number of hydrogen-bond acceptors (Lipinski definition) is 2. The highest BCUT2D eigenvalue weighted by Crippen LogP contribution is 2.19. The van der Waals surface area contributed by atoms with E-state index in [9.17, 15) is 4.79 Å². The average molecular weight is 155 g/mol. The Labute approximate surface area is 63.7 Å². The molecule has 0 radical (unpaired) electrons. The van der Waals surface area contributed by atoms with Crippen molar-refractivity contribution in [1.29, 1.82) is 0 Å². The normalized spacial score (nSPS) is 9.80. The van der Waals surface area contributed by atoms with Gasteiger partial charge >= 0.3 is 0 Å². The Hall–Kier alpha value is -0.830. The van der Waals surface area contributed by atoms with Crippen molar-refractivity contribution in [3.63, 3.8) is 0 Å². The number of rotatable bonds is 1. The molecule has 0 aliphatic rings. The monoisotopic (exact) mass is 155 g/mol. The Morgan fingerprint density at radius 3 is 2.40 bits per heavy atom. The Bertz CT molecular complexity index is 265. The molecule has 0 unspecified atom stereocenters. The molecule has 10 heavy (non-hydrogen) atoms. The molecular weight excluding hydrogens is 146 g/mol. The molecular formula is C7H9NOS. The van der Waals surface area contributed by atoms with Crippen LogP contribution in [0.15, 0.2) is 6.07 Å². The van der Waals surface area contributed by atoms with Gasteiger partial charge in [0.1, 0.15) is 0 Å². The van der Waals surface area contributed by atoms with E-state index in [1.807, 2.05) is 19.9 Å². The van der Waals surface area contributed by atoms with Crippen LogP contribution in [-0.4, -0.2) is 5.91 Å². The van der Waals surface area contributed by atoms with E-state index >= 15 is 0 Å². The molecule has 0 aliphatic heterocycles. The first-order valence-electron chi connectivity index (χ1n) is 2.98. The number of thiophene rings is 1. The Balaban J connectivity index is 3.15. The van der Waals surface area contributed by atoms with Crippen LogP contribution in [0.25, 0.3) is 0 Å². The Morgan fingerprint density at radius 1 is 1.60 bits per heavy atom. The van der Waals surface area contributed by atoms with E-state index in [2.05, 4.69) is 0 Å². The number of aryl methyl sites for hydroxylation is 2. The minimum Gasteiger partial charge on any atom is -0.365 e. The van der Waals surface area contributed by atoms with Crippen molar-refractivity contribution in [1.82, 2.24) is 0 Å². The van der Waals surface area contributed by atoms with Crippen molar-refractivity contribution >= 4 is 17.2 Å². The van der Waals surface area contributed by atoms with Crippen molar-refractivity contribution in [2.24, 2.45) is 5.73 Å². The highest BCUT2D eigenvalue weighted by Gasteiger charge is 2.06. The summed E-state index contributed by atoms with van der Waals surface area (Å²) in [5.41, 5.74) is 6.08. The van der Waals surface area contributed by atoms with Gasteiger partial charge < -0.3 is 5.73 Å². The van der Waals surface area contributed by atoms with Crippen molar-refractivity contribution in [2.75, 3.05) is 0 Å². The Kier molecular flexibility index (Phi) is 1.76. The van der Waals surface area contributed by atoms with Gasteiger partial charge in [-0.05, 0) is 25.5 Å². The fourth-order valence-electron chi connectivity index (χ4n) is 0.886. The van der Waals surface area contributed by atoms with Gasteiger partial charge in [0.15, 0.2) is 0 Å². The second-order valence-electron chi connectivity index (χ2n) is 2.23. The van der Waals surface area contributed by atoms with E-state index in [4.69, 9.17) is 5.73 Å². The SMILES string of the molecule is Cc1cc(C)c(C(N)=O)s1. The predicted molar refractivity (Wildman–Crippen MR) is 42.3 cm³/mol. The molecule has 0 saturated heterocycles. The number of amides is 1. The molecule has 0 aliphatic carbocycles. The molecule has 1 heterocycles. The molecule has 54 valence electrons. The first-order chi connectivity index (χ1) is 4.61. The number of hydrogen-bond donors (Lipinski definition) is 1. The zero-order chi connectivity index (χ0) is 7.72. The number of carbonyl (C=O) groups is 1. The number of nitrogens with two attached hydrogens (primary N) is 1. The minimum atomic E-state index is -0.324. The molecule has 1 amide bonds. The third kappa shape index (κ3) is 1.19. The van der Waals surface area contributed by atoms with Crippen LogP contribution in [0.2, 0.25) is 0 Å². The molecule has 2 N–H and O–H groups in total. The van der Waals surface area contributed by atoms with Crippen LogP contribution < -0.4 is 5.73 Å². The maximum Gasteiger partial charge on any atom is 0.259 e. The van der Waals surface area contributed by atoms with Crippen LogP contribution in [0.5, 0.6) is 0 Å². The fraction of sp³-hybridized carbons (Fsp3) is 0.286. The summed E-state index contributed by atoms with van der Waals surface area (Å²) in [5, 5.41) is 0. The molecule has 1 aromatic heterocycles. The lowest BCUT2D eigenvalue weighted by molar-refractivity contribution is 0.100. The van der Waals surface area contributed by atoms with Crippen molar-refractivity contribution in [3.8, 4) is 0 Å². The van der Waals surface area contributed by atoms with E-state index in [0.717, 1.165) is 10.4 Å². The summed E-state index contributed by atoms with van der Waals surface area (Å²) in [6.45, 7) is 3.85. The van der Waals surface area contributed by atoms with Gasteiger partial charge in [-0.3, -0.25) is 4.79 Å². The second kappa shape index (κ2) is 2.42. The summed E-state index contributed by atoms with van der Waals surface area (Å²) in [6.07, 6.45) is 0. The van der Waals surface area contributed by atoms with Crippen LogP contribution in [0.1, 0.15) is 20.1 Å². The van der Waals surface area contributed by atoms with Gasteiger partial charge in [0.2, 0.25) is 0 Å². The molecule has 0 aromatic carbocycles. The van der Waals surface area contributed by atoms with E-state index in [1.165, 1.54) is 11.3 Å². The lowest BCUT2D eigenvalue weighted by atomic mass is 10.3. The summed E-state index contributed by atoms with van der Waals surface area (Å²) in [6, 6.07) is 1.96. The quantitative estimate of drug-likeness (QED) is 0.655. The van der Waals surface area contributed by atoms with Gasteiger partial charge in [0.05, 0.1) is 4.88 Å². The van der Waals surface area contributed by atoms with Crippen LogP contribution in [0.3, 0.4) is 0 Å². The standard InChI is InChI=1S/C7H9NOS/c1-4-3-5(2)10-6(4)7(8)9/h3H,1-2H3,(H2,8,9). The smallest absolute Gasteiger partial charge is 0.259 e. The van der Waals surface area contributed by atoms with Gasteiger partial charge in [0, 0.05) is 4.88 Å². The summed E-state index contributed by atoms with van der Waals surface area (Å²) in [5.74, 6) is -0.324. The molecule has 3 heteroatoms. The van der Waals surface area contributed by atoms with Gasteiger partial charge in [-0.15, -0.1) is 11.3 Å². The zero-order valence-electron chi connectivity index (χ0n) is 5.97. The van der Waals surface area contributed by atoms with Crippen LogP contribution >= 0.6 is 11.3 Å². The summed E-state index contributed by atoms with van der Waals surface area (Å²) in [4.78, 5) is 12.5. The largest absolute Gasteiger partial charge is 0.365 e. The predicted octanol–water partition coefficient (Wildman–Crippen LogP) is 1.46. The van der Waals surface area contributed by atoms with Crippen molar-refractivity contribution < 1.29 is 4.79 Å². The van der Waals surface area contributed by atoms with Gasteiger partial charge in [-0.1, -0.05) is 0 Å². The molecule has 1 rings (SSSR count). The lowest BCUT2D eigenvalue weighted by Crippen LogP contribution is -2.09. The molecule has 0 bridgehead atoms. The maximum absolute atomic E-state index is 10.7. The van der Waals surface area contributed by atoms with Gasteiger partial charge in [0.25, 0.3) is 5.91 Å². The van der Waals surface area contributed by atoms with Crippen LogP contribution in [-0.2, 0) is 0 Å². The van der Waals surface area contributed by atoms with Crippen molar-refractivity contribution in [2.45, 2.75) is 13.8 Å². The van der Waals surface area contributed by atoms with Gasteiger partial charge in [-0.2, -0.15) is 0 Å². The third-order valence-corrected chi connectivity index (χ3v) is 2.43. The molecule has 0 spiro atoms. The maximum atomic E-state index is 10.7. The lowest BCUT2D eigenvalue weighted by Gasteiger charge is -1.87. The van der Waals surface area contributed by atoms with E-state index in [0.29, 0.717) is 4.88 Å². The third-order valence-electron chi connectivity index (χ3n) is 1.26. The van der Waals surface area contributed by atoms with E-state index in [-0.39, 0.29) is 5.91 Å². The zero-order valence-corrected chi connectivity index (χ0v) is 6.79. The fourth-order valence-corrected chi connectivity index (χ4v) is 1.76. The van der Waals surface area contributed by atoms with Crippen molar-refractivity contribution in [3.05, 3.63) is 21.4 Å². The van der Waals surface area contributed by atoms with Crippen LogP contribution in [0, 0.1) is 13.8 Å². The molecule has 1 aromatic rings.